The molecule has 1 aromatic heterocycles. The largest absolute Gasteiger partial charge is 0.312 e. The molecule has 0 aliphatic heterocycles. The molecule has 0 saturated heterocycles. The van der Waals surface area contributed by atoms with Crippen LogP contribution in [0.2, 0.25) is 0 Å². The van der Waals surface area contributed by atoms with Crippen molar-refractivity contribution in [1.82, 2.24) is 15.1 Å². The first-order valence-electron chi connectivity index (χ1n) is 6.41. The minimum Gasteiger partial charge on any atom is -0.312 e. The van der Waals surface area contributed by atoms with E-state index in [1.54, 1.807) is 0 Å². The zero-order valence-electron chi connectivity index (χ0n) is 11.4. The Morgan fingerprint density at radius 2 is 1.89 bits per heavy atom. The molecule has 0 atom stereocenters. The minimum absolute atomic E-state index is 0.941. The minimum atomic E-state index is 0.941. The number of hydrogen-bond donors (Lipinski definition) is 1. The van der Waals surface area contributed by atoms with Crippen molar-refractivity contribution in [1.29, 1.82) is 0 Å². The number of aryl methyl sites for hydroxylation is 3. The van der Waals surface area contributed by atoms with Crippen molar-refractivity contribution >= 4 is 0 Å². The average molecular weight is 243 g/mol. The quantitative estimate of drug-likeness (QED) is 0.817. The van der Waals surface area contributed by atoms with Crippen molar-refractivity contribution in [2.75, 3.05) is 6.54 Å². The molecule has 0 fully saturated rings. The van der Waals surface area contributed by atoms with Gasteiger partial charge in [-0.3, -0.25) is 4.68 Å². The lowest BCUT2D eigenvalue weighted by atomic mass is 10.0. The van der Waals surface area contributed by atoms with E-state index in [9.17, 15) is 0 Å². The summed E-state index contributed by atoms with van der Waals surface area (Å²) < 4.78 is 1.93. The Bertz CT molecular complexity index is 494. The van der Waals surface area contributed by atoms with Gasteiger partial charge in [0, 0.05) is 38.4 Å². The van der Waals surface area contributed by atoms with E-state index in [2.05, 4.69) is 48.5 Å². The third-order valence-electron chi connectivity index (χ3n) is 3.43. The number of hydrogen-bond acceptors (Lipinski definition) is 2. The van der Waals surface area contributed by atoms with E-state index in [0.717, 1.165) is 19.5 Å². The van der Waals surface area contributed by atoms with Crippen LogP contribution >= 0.6 is 0 Å². The Labute approximate surface area is 109 Å². The highest BCUT2D eigenvalue weighted by molar-refractivity contribution is 5.33. The highest BCUT2D eigenvalue weighted by Crippen LogP contribution is 2.12. The first-order valence-corrected chi connectivity index (χ1v) is 6.41. The van der Waals surface area contributed by atoms with Crippen LogP contribution in [0.25, 0.3) is 0 Å². The zero-order valence-corrected chi connectivity index (χ0v) is 11.4. The second-order valence-electron chi connectivity index (χ2n) is 4.74. The molecule has 2 rings (SSSR count). The summed E-state index contributed by atoms with van der Waals surface area (Å²) in [5.41, 5.74) is 5.41. The van der Waals surface area contributed by atoms with Gasteiger partial charge in [-0.2, -0.15) is 5.10 Å². The van der Waals surface area contributed by atoms with E-state index < -0.39 is 0 Å². The van der Waals surface area contributed by atoms with Crippen LogP contribution in [0.5, 0.6) is 0 Å². The summed E-state index contributed by atoms with van der Waals surface area (Å²) in [6.45, 7) is 6.26. The number of benzene rings is 1. The van der Waals surface area contributed by atoms with E-state index in [1.807, 2.05) is 17.9 Å². The predicted molar refractivity (Wildman–Crippen MR) is 74.5 cm³/mol. The van der Waals surface area contributed by atoms with E-state index in [0.29, 0.717) is 0 Å². The summed E-state index contributed by atoms with van der Waals surface area (Å²) in [6.07, 6.45) is 2.86. The van der Waals surface area contributed by atoms with Gasteiger partial charge in [-0.05, 0) is 36.6 Å². The van der Waals surface area contributed by atoms with Crippen molar-refractivity contribution in [3.8, 4) is 0 Å². The summed E-state index contributed by atoms with van der Waals surface area (Å²) in [6, 6.07) is 8.53. The molecule has 0 unspecified atom stereocenters. The van der Waals surface area contributed by atoms with Crippen molar-refractivity contribution in [2.45, 2.75) is 26.8 Å². The molecule has 3 nitrogen and oxygen atoms in total. The smallest absolute Gasteiger partial charge is 0.0492 e. The summed E-state index contributed by atoms with van der Waals surface area (Å²) >= 11 is 0. The van der Waals surface area contributed by atoms with E-state index >= 15 is 0 Å². The topological polar surface area (TPSA) is 29.9 Å². The fraction of sp³-hybridized carbons (Fsp3) is 0.400. The average Bonchev–Trinajstić information content (AvgIpc) is 2.73. The Morgan fingerprint density at radius 1 is 1.17 bits per heavy atom. The fourth-order valence-electron chi connectivity index (χ4n) is 2.20. The van der Waals surface area contributed by atoms with Crippen LogP contribution < -0.4 is 5.32 Å². The van der Waals surface area contributed by atoms with Gasteiger partial charge in [-0.1, -0.05) is 18.2 Å². The molecule has 96 valence electrons. The van der Waals surface area contributed by atoms with Crippen molar-refractivity contribution in [2.24, 2.45) is 7.05 Å². The molecule has 0 radical (unpaired) electrons. The maximum atomic E-state index is 4.17. The molecule has 18 heavy (non-hydrogen) atoms. The van der Waals surface area contributed by atoms with Crippen molar-refractivity contribution < 1.29 is 0 Å². The lowest BCUT2D eigenvalue weighted by Crippen LogP contribution is -2.19. The maximum Gasteiger partial charge on any atom is 0.0492 e. The second kappa shape index (κ2) is 5.83. The Hall–Kier alpha value is -1.61. The monoisotopic (exact) mass is 243 g/mol. The first kappa shape index (κ1) is 12.8. The molecular weight excluding hydrogens is 222 g/mol. The molecule has 0 bridgehead atoms. The first-order chi connectivity index (χ1) is 8.68. The van der Waals surface area contributed by atoms with Crippen molar-refractivity contribution in [3.63, 3.8) is 0 Å². The normalized spacial score (nSPS) is 10.8. The fourth-order valence-corrected chi connectivity index (χ4v) is 2.20. The maximum absolute atomic E-state index is 4.17. The highest BCUT2D eigenvalue weighted by Gasteiger charge is 2.02. The lowest BCUT2D eigenvalue weighted by molar-refractivity contribution is 0.640. The van der Waals surface area contributed by atoms with Crippen LogP contribution in [0.3, 0.4) is 0 Å². The van der Waals surface area contributed by atoms with Gasteiger partial charge in [-0.15, -0.1) is 0 Å². The molecule has 0 saturated carbocycles. The van der Waals surface area contributed by atoms with Gasteiger partial charge in [-0.25, -0.2) is 0 Å². The van der Waals surface area contributed by atoms with Gasteiger partial charge in [0.25, 0.3) is 0 Å². The Kier molecular flexibility index (Phi) is 4.15. The standard InChI is InChI=1S/C15H21N3/c1-12-5-4-6-13(2)15(12)11-16-9-7-14-8-10-17-18(14)3/h4-6,8,10,16H,7,9,11H2,1-3H3. The lowest BCUT2D eigenvalue weighted by Gasteiger charge is -2.11. The summed E-state index contributed by atoms with van der Waals surface area (Å²) in [4.78, 5) is 0. The van der Waals surface area contributed by atoms with Crippen molar-refractivity contribution in [3.05, 3.63) is 52.8 Å². The second-order valence-corrected chi connectivity index (χ2v) is 4.74. The number of nitrogens with zero attached hydrogens (tertiary/aromatic N) is 2. The van der Waals surface area contributed by atoms with Crippen LogP contribution in [0, 0.1) is 13.8 Å². The van der Waals surface area contributed by atoms with Crippen LogP contribution in [-0.2, 0) is 20.0 Å². The highest BCUT2D eigenvalue weighted by atomic mass is 15.3. The van der Waals surface area contributed by atoms with E-state index in [1.165, 1.54) is 22.4 Å². The molecule has 1 heterocycles. The van der Waals surface area contributed by atoms with Crippen LogP contribution in [0.15, 0.2) is 30.5 Å². The molecule has 2 aromatic rings. The molecule has 0 amide bonds. The molecule has 1 N–H and O–H groups in total. The molecule has 0 aliphatic rings. The van der Waals surface area contributed by atoms with E-state index in [-0.39, 0.29) is 0 Å². The number of rotatable bonds is 5. The van der Waals surface area contributed by atoms with Gasteiger partial charge < -0.3 is 5.32 Å². The van der Waals surface area contributed by atoms with Gasteiger partial charge in [0.05, 0.1) is 0 Å². The zero-order chi connectivity index (χ0) is 13.0. The van der Waals surface area contributed by atoms with Crippen LogP contribution in [0.4, 0.5) is 0 Å². The molecule has 3 heteroatoms. The summed E-state index contributed by atoms with van der Waals surface area (Å²) in [5.74, 6) is 0. The Balaban J connectivity index is 1.84. The molecule has 0 aliphatic carbocycles. The van der Waals surface area contributed by atoms with Gasteiger partial charge in [0.1, 0.15) is 0 Å². The van der Waals surface area contributed by atoms with Gasteiger partial charge in [0.15, 0.2) is 0 Å². The van der Waals surface area contributed by atoms with E-state index in [4.69, 9.17) is 0 Å². The third-order valence-corrected chi connectivity index (χ3v) is 3.43. The summed E-state index contributed by atoms with van der Waals surface area (Å²) in [5, 5.41) is 7.68. The number of nitrogens with one attached hydrogen (secondary N) is 1. The predicted octanol–water partition coefficient (Wildman–Crippen LogP) is 2.37. The summed E-state index contributed by atoms with van der Waals surface area (Å²) in [7, 11) is 1.99. The molecular formula is C15H21N3. The van der Waals surface area contributed by atoms with Crippen LogP contribution in [0.1, 0.15) is 22.4 Å². The Morgan fingerprint density at radius 3 is 2.50 bits per heavy atom. The van der Waals surface area contributed by atoms with Gasteiger partial charge in [0.2, 0.25) is 0 Å². The van der Waals surface area contributed by atoms with Gasteiger partial charge >= 0.3 is 0 Å². The molecule has 1 aromatic carbocycles. The van der Waals surface area contributed by atoms with Crippen LogP contribution in [-0.4, -0.2) is 16.3 Å². The SMILES string of the molecule is Cc1cccc(C)c1CNCCc1ccnn1C. The third kappa shape index (κ3) is 2.99. The molecule has 0 spiro atoms. The number of aromatic nitrogens is 2.